The smallest absolute Gasteiger partial charge is 0.370 e. The summed E-state index contributed by atoms with van der Waals surface area (Å²) >= 11 is 0. The molecule has 0 radical (unpaired) electrons. The molecule has 0 aromatic heterocycles. The van der Waals surface area contributed by atoms with Crippen molar-refractivity contribution in [1.29, 1.82) is 0 Å². The zero-order chi connectivity index (χ0) is 10.4. The van der Waals surface area contributed by atoms with Crippen molar-refractivity contribution in [2.75, 3.05) is 0 Å². The van der Waals surface area contributed by atoms with Gasteiger partial charge in [-0.15, -0.1) is 0 Å². The van der Waals surface area contributed by atoms with Crippen molar-refractivity contribution < 1.29 is 29.7 Å². The third kappa shape index (κ3) is 3.71. The topological polar surface area (TPSA) is 112 Å². The van der Waals surface area contributed by atoms with Crippen molar-refractivity contribution in [2.45, 2.75) is 0 Å². The fraction of sp³-hybridized carbons (Fsp3) is 0. The van der Waals surface area contributed by atoms with E-state index in [1.807, 2.05) is 0 Å². The Balaban J connectivity index is 4.74. The highest BCUT2D eigenvalue weighted by atomic mass is 16.4. The first-order valence-electron chi connectivity index (χ1n) is 3.01. The molecule has 0 saturated heterocycles. The van der Waals surface area contributed by atoms with Crippen molar-refractivity contribution in [3.8, 4) is 0 Å². The van der Waals surface area contributed by atoms with E-state index in [0.717, 1.165) is 0 Å². The molecule has 13 heavy (non-hydrogen) atoms. The number of aldehydes is 1. The summed E-state index contributed by atoms with van der Waals surface area (Å²) in [7, 11) is 0. The highest BCUT2D eigenvalue weighted by Crippen LogP contribution is 1.94. The Kier molecular flexibility index (Phi) is 3.94. The van der Waals surface area contributed by atoms with Gasteiger partial charge < -0.3 is 15.3 Å². The van der Waals surface area contributed by atoms with Gasteiger partial charge in [-0.3, -0.25) is 4.79 Å². The Morgan fingerprint density at radius 2 is 1.46 bits per heavy atom. The Morgan fingerprint density at radius 1 is 0.923 bits per heavy atom. The van der Waals surface area contributed by atoms with Crippen molar-refractivity contribution in [1.82, 2.24) is 0 Å². The largest absolute Gasteiger partial charge is 0.502 e. The van der Waals surface area contributed by atoms with E-state index in [1.165, 1.54) is 0 Å². The van der Waals surface area contributed by atoms with Crippen LogP contribution in [-0.2, 0) is 14.4 Å². The molecule has 0 aromatic carbocycles. The summed E-state index contributed by atoms with van der Waals surface area (Å²) in [5, 5.41) is 25.0. The lowest BCUT2D eigenvalue weighted by molar-refractivity contribution is -0.136. The van der Waals surface area contributed by atoms with Gasteiger partial charge in [-0.2, -0.15) is 0 Å². The standard InChI is InChI=1S/C7H6O6/c8-3-4(6(10)11)1-2-5(9)7(12)13/h1-3,9H,(H,10,11)(H,12,13). The monoisotopic (exact) mass is 186 g/mol. The molecular weight excluding hydrogens is 180 g/mol. The minimum atomic E-state index is -1.60. The number of carboxylic acids is 2. The first-order chi connectivity index (χ1) is 5.99. The molecule has 6 heteroatoms. The van der Waals surface area contributed by atoms with E-state index in [9.17, 15) is 14.4 Å². The van der Waals surface area contributed by atoms with E-state index < -0.39 is 23.3 Å². The van der Waals surface area contributed by atoms with E-state index in [-0.39, 0.29) is 6.29 Å². The van der Waals surface area contributed by atoms with Crippen LogP contribution in [0.5, 0.6) is 0 Å². The molecule has 6 nitrogen and oxygen atoms in total. The van der Waals surface area contributed by atoms with Crippen LogP contribution in [0.2, 0.25) is 0 Å². The van der Waals surface area contributed by atoms with Crippen molar-refractivity contribution in [2.24, 2.45) is 0 Å². The lowest BCUT2D eigenvalue weighted by Gasteiger charge is -1.89. The number of aliphatic hydroxyl groups excluding tert-OH is 1. The van der Waals surface area contributed by atoms with Crippen molar-refractivity contribution in [3.63, 3.8) is 0 Å². The minimum absolute atomic E-state index is 0.0357. The maximum absolute atomic E-state index is 10.2. The van der Waals surface area contributed by atoms with Gasteiger partial charge in [0.1, 0.15) is 0 Å². The van der Waals surface area contributed by atoms with E-state index in [4.69, 9.17) is 15.3 Å². The predicted octanol–water partition coefficient (Wildman–Crippen LogP) is -0.277. The van der Waals surface area contributed by atoms with E-state index >= 15 is 0 Å². The van der Waals surface area contributed by atoms with E-state index in [2.05, 4.69) is 0 Å². The summed E-state index contributed by atoms with van der Waals surface area (Å²) in [6.45, 7) is 0. The number of hydrogen-bond acceptors (Lipinski definition) is 4. The van der Waals surface area contributed by atoms with Gasteiger partial charge in [0.25, 0.3) is 0 Å². The molecule has 3 N–H and O–H groups in total. The molecule has 0 rings (SSSR count). The molecule has 0 fully saturated rings. The molecule has 0 aliphatic rings. The average Bonchev–Trinajstić information content (AvgIpc) is 2.04. The highest BCUT2D eigenvalue weighted by Gasteiger charge is 2.05. The Hall–Kier alpha value is -2.11. The zero-order valence-corrected chi connectivity index (χ0v) is 6.30. The van der Waals surface area contributed by atoms with Crippen LogP contribution in [-0.4, -0.2) is 33.5 Å². The third-order valence-electron chi connectivity index (χ3n) is 1.01. The lowest BCUT2D eigenvalue weighted by Crippen LogP contribution is -2.02. The number of carbonyl (C=O) groups excluding carboxylic acids is 1. The second-order valence-corrected chi connectivity index (χ2v) is 1.90. The summed E-state index contributed by atoms with van der Waals surface area (Å²) < 4.78 is 0. The first kappa shape index (κ1) is 10.9. The van der Waals surface area contributed by atoms with Gasteiger partial charge in [0.15, 0.2) is 6.29 Å². The van der Waals surface area contributed by atoms with Gasteiger partial charge in [0.05, 0.1) is 5.57 Å². The molecule has 0 heterocycles. The van der Waals surface area contributed by atoms with Crippen molar-refractivity contribution >= 4 is 18.2 Å². The number of allylic oxidation sites excluding steroid dienone is 2. The molecule has 0 atom stereocenters. The van der Waals surface area contributed by atoms with Crippen LogP contribution in [0.15, 0.2) is 23.5 Å². The zero-order valence-electron chi connectivity index (χ0n) is 6.30. The van der Waals surface area contributed by atoms with Crippen LogP contribution in [0, 0.1) is 0 Å². The van der Waals surface area contributed by atoms with E-state index in [1.54, 1.807) is 0 Å². The van der Waals surface area contributed by atoms with Crippen LogP contribution in [0.1, 0.15) is 0 Å². The summed E-state index contributed by atoms with van der Waals surface area (Å²) in [6, 6.07) is 0. The molecule has 70 valence electrons. The van der Waals surface area contributed by atoms with E-state index in [0.29, 0.717) is 12.2 Å². The number of aliphatic hydroxyl groups is 1. The SMILES string of the molecule is O=CC(=CC=C(O)C(=O)O)C(=O)O. The Morgan fingerprint density at radius 3 is 1.77 bits per heavy atom. The van der Waals surface area contributed by atoms with Crippen LogP contribution < -0.4 is 0 Å². The molecule has 0 aromatic rings. The summed E-state index contributed by atoms with van der Waals surface area (Å²) in [4.78, 5) is 30.2. The van der Waals surface area contributed by atoms with Gasteiger partial charge in [-0.1, -0.05) is 0 Å². The van der Waals surface area contributed by atoms with Crippen LogP contribution in [0.25, 0.3) is 0 Å². The van der Waals surface area contributed by atoms with Gasteiger partial charge in [-0.05, 0) is 12.2 Å². The minimum Gasteiger partial charge on any atom is -0.502 e. The Bertz CT molecular complexity index is 298. The molecule has 0 amide bonds. The molecular formula is C7H6O6. The Labute approximate surface area is 72.4 Å². The molecule has 0 saturated carbocycles. The third-order valence-corrected chi connectivity index (χ3v) is 1.01. The number of rotatable bonds is 4. The quantitative estimate of drug-likeness (QED) is 0.139. The van der Waals surface area contributed by atoms with Crippen LogP contribution in [0.4, 0.5) is 0 Å². The van der Waals surface area contributed by atoms with Crippen molar-refractivity contribution in [3.05, 3.63) is 23.5 Å². The summed E-state index contributed by atoms with van der Waals surface area (Å²) in [6.07, 6.45) is 1.34. The number of aliphatic carboxylic acids is 2. The fourth-order valence-corrected chi connectivity index (χ4v) is 0.401. The number of carboxylic acid groups (broad SMARTS) is 2. The van der Waals surface area contributed by atoms with Crippen LogP contribution in [0.3, 0.4) is 0 Å². The molecule has 0 spiro atoms. The lowest BCUT2D eigenvalue weighted by atomic mass is 10.2. The second kappa shape index (κ2) is 4.70. The molecule has 0 unspecified atom stereocenters. The molecule has 0 aliphatic heterocycles. The van der Waals surface area contributed by atoms with Gasteiger partial charge >= 0.3 is 11.9 Å². The summed E-state index contributed by atoms with van der Waals surface area (Å²) in [5.74, 6) is -4.14. The number of hydrogen-bond donors (Lipinski definition) is 3. The highest BCUT2D eigenvalue weighted by molar-refractivity contribution is 6.06. The maximum Gasteiger partial charge on any atom is 0.370 e. The average molecular weight is 186 g/mol. The normalized spacial score (nSPS) is 12.3. The second-order valence-electron chi connectivity index (χ2n) is 1.90. The fourth-order valence-electron chi connectivity index (χ4n) is 0.401. The number of carbonyl (C=O) groups is 3. The molecule has 0 aliphatic carbocycles. The van der Waals surface area contributed by atoms with Gasteiger partial charge in [0, 0.05) is 0 Å². The molecule has 0 bridgehead atoms. The van der Waals surface area contributed by atoms with Crippen LogP contribution >= 0.6 is 0 Å². The van der Waals surface area contributed by atoms with Gasteiger partial charge in [0.2, 0.25) is 5.76 Å². The first-order valence-corrected chi connectivity index (χ1v) is 3.01. The predicted molar refractivity (Wildman–Crippen MR) is 40.1 cm³/mol. The maximum atomic E-state index is 10.2. The summed E-state index contributed by atoms with van der Waals surface area (Å²) in [5.41, 5.74) is -0.646. The van der Waals surface area contributed by atoms with Gasteiger partial charge in [-0.25, -0.2) is 9.59 Å².